The minimum Gasteiger partial charge on any atom is -0.462 e. The van der Waals surface area contributed by atoms with E-state index in [-0.39, 0.29) is 37.5 Å². The van der Waals surface area contributed by atoms with Crippen LogP contribution in [-0.2, 0) is 28.6 Å². The third-order valence-electron chi connectivity index (χ3n) is 11.5. The molecule has 0 aromatic carbocycles. The van der Waals surface area contributed by atoms with E-state index < -0.39 is 6.10 Å². The average Bonchev–Trinajstić information content (AvgIpc) is 3.34. The fourth-order valence-corrected chi connectivity index (χ4v) is 7.32. The van der Waals surface area contributed by atoms with Crippen molar-refractivity contribution in [1.29, 1.82) is 0 Å². The minimum absolute atomic E-state index is 0.114. The zero-order valence-corrected chi connectivity index (χ0v) is 44.1. The van der Waals surface area contributed by atoms with Crippen LogP contribution in [0.5, 0.6) is 0 Å². The van der Waals surface area contributed by atoms with Gasteiger partial charge < -0.3 is 14.2 Å². The van der Waals surface area contributed by atoms with Gasteiger partial charge in [-0.1, -0.05) is 220 Å². The Morgan fingerprint density at radius 2 is 0.632 bits per heavy atom. The second-order valence-electron chi connectivity index (χ2n) is 18.1. The fraction of sp³-hybridized carbons (Fsp3) is 0.661. The number of ether oxygens (including phenoxy) is 3. The topological polar surface area (TPSA) is 78.9 Å². The number of esters is 3. The summed E-state index contributed by atoms with van der Waals surface area (Å²) in [7, 11) is 0. The first-order valence-electron chi connectivity index (χ1n) is 27.9. The Hall–Kier alpha value is -3.93. The molecule has 1 unspecified atom stereocenters. The van der Waals surface area contributed by atoms with Crippen LogP contribution in [0.25, 0.3) is 0 Å². The van der Waals surface area contributed by atoms with Crippen LogP contribution in [0.3, 0.4) is 0 Å². The predicted molar refractivity (Wildman–Crippen MR) is 293 cm³/mol. The summed E-state index contributed by atoms with van der Waals surface area (Å²) < 4.78 is 16.8. The van der Waals surface area contributed by atoms with E-state index in [1.54, 1.807) is 0 Å². The van der Waals surface area contributed by atoms with Crippen LogP contribution in [0.4, 0.5) is 0 Å². The maximum atomic E-state index is 12.8. The lowest BCUT2D eigenvalue weighted by Gasteiger charge is -2.18. The highest BCUT2D eigenvalue weighted by atomic mass is 16.6. The number of unbranched alkanes of at least 4 members (excludes halogenated alkanes) is 21. The van der Waals surface area contributed by atoms with E-state index in [0.29, 0.717) is 19.3 Å². The predicted octanol–water partition coefficient (Wildman–Crippen LogP) is 18.7. The Morgan fingerprint density at radius 3 is 1.09 bits per heavy atom. The molecule has 0 aliphatic rings. The smallest absolute Gasteiger partial charge is 0.306 e. The lowest BCUT2D eigenvalue weighted by atomic mass is 10.1. The van der Waals surface area contributed by atoms with E-state index in [4.69, 9.17) is 14.2 Å². The van der Waals surface area contributed by atoms with Crippen molar-refractivity contribution in [2.45, 2.75) is 252 Å². The molecular weight excluding hydrogens is 841 g/mol. The molecule has 0 rings (SSSR count). The van der Waals surface area contributed by atoms with Gasteiger partial charge >= 0.3 is 17.9 Å². The highest BCUT2D eigenvalue weighted by Gasteiger charge is 2.19. The van der Waals surface area contributed by atoms with Crippen molar-refractivity contribution in [3.8, 4) is 0 Å². The van der Waals surface area contributed by atoms with Gasteiger partial charge in [-0.05, 0) is 116 Å². The lowest BCUT2D eigenvalue weighted by Crippen LogP contribution is -2.30. The van der Waals surface area contributed by atoms with Crippen molar-refractivity contribution in [1.82, 2.24) is 0 Å². The first-order chi connectivity index (χ1) is 33.5. The Morgan fingerprint density at radius 1 is 0.324 bits per heavy atom. The molecule has 0 aliphatic carbocycles. The zero-order chi connectivity index (χ0) is 49.3. The number of carbonyl (C=O) groups is 3. The van der Waals surface area contributed by atoms with E-state index in [9.17, 15) is 14.4 Å². The van der Waals surface area contributed by atoms with E-state index >= 15 is 0 Å². The van der Waals surface area contributed by atoms with Gasteiger partial charge in [0, 0.05) is 19.3 Å². The van der Waals surface area contributed by atoms with Gasteiger partial charge in [0.1, 0.15) is 13.2 Å². The molecule has 1 atom stereocenters. The molecule has 0 aromatic heterocycles. The van der Waals surface area contributed by atoms with Crippen LogP contribution in [-0.4, -0.2) is 37.2 Å². The maximum Gasteiger partial charge on any atom is 0.306 e. The van der Waals surface area contributed by atoms with Crippen LogP contribution >= 0.6 is 0 Å². The Labute approximate surface area is 419 Å². The number of carbonyl (C=O) groups excluding carboxylic acids is 3. The summed E-state index contributed by atoms with van der Waals surface area (Å²) in [5, 5.41) is 0. The molecule has 0 saturated heterocycles. The second kappa shape index (κ2) is 55.7. The van der Waals surface area contributed by atoms with Crippen LogP contribution in [0.1, 0.15) is 245 Å². The van der Waals surface area contributed by atoms with Gasteiger partial charge in [0.25, 0.3) is 0 Å². The van der Waals surface area contributed by atoms with Crippen molar-refractivity contribution in [3.63, 3.8) is 0 Å². The summed E-state index contributed by atoms with van der Waals surface area (Å²) in [5.74, 6) is -1.01. The fourth-order valence-electron chi connectivity index (χ4n) is 7.32. The molecule has 0 heterocycles. The third kappa shape index (κ3) is 53.0. The molecule has 6 heteroatoms. The quantitative estimate of drug-likeness (QED) is 0.0199. The van der Waals surface area contributed by atoms with E-state index in [1.807, 2.05) is 0 Å². The summed E-state index contributed by atoms with van der Waals surface area (Å²) in [6, 6.07) is 0. The largest absolute Gasteiger partial charge is 0.462 e. The second-order valence-corrected chi connectivity index (χ2v) is 18.1. The molecule has 0 aromatic rings. The van der Waals surface area contributed by atoms with E-state index in [0.717, 1.165) is 103 Å². The Bertz CT molecular complexity index is 1410. The molecule has 68 heavy (non-hydrogen) atoms. The minimum atomic E-state index is -0.818. The summed E-state index contributed by atoms with van der Waals surface area (Å²) in [6.07, 6.45) is 75.1. The lowest BCUT2D eigenvalue weighted by molar-refractivity contribution is -0.167. The van der Waals surface area contributed by atoms with Crippen LogP contribution in [0, 0.1) is 0 Å². The zero-order valence-electron chi connectivity index (χ0n) is 44.1. The van der Waals surface area contributed by atoms with Crippen LogP contribution in [0.2, 0.25) is 0 Å². The number of allylic oxidation sites excluding steroid dienone is 18. The highest BCUT2D eigenvalue weighted by molar-refractivity contribution is 5.71. The van der Waals surface area contributed by atoms with Crippen molar-refractivity contribution in [2.75, 3.05) is 13.2 Å². The molecule has 0 radical (unpaired) electrons. The monoisotopic (exact) mass is 943 g/mol. The Balaban J connectivity index is 4.54. The SMILES string of the molecule is CC/C=C\C/C=C\C/C=C\C/C=C\C/C=C\CCCC(=O)OCC(COC(=O)CCCCC/C=C\C=C/CCCCCCCCC)OC(=O)CCCCCCCCC/C=C\C/C=C\CCCCC. The number of rotatable bonds is 49. The van der Waals surface area contributed by atoms with Gasteiger partial charge in [-0.15, -0.1) is 0 Å². The van der Waals surface area contributed by atoms with E-state index in [2.05, 4.69) is 130 Å². The standard InChI is InChI=1S/C62H102O6/c1-4-7-10-13-16-19-22-25-28-31-34-37-40-43-46-49-52-55-61(64)67-58-59(57-66-60(63)54-51-48-45-42-39-36-33-30-27-24-21-18-15-12-9-6-3)68-62(65)56-53-50-47-44-41-38-35-32-29-26-23-20-17-14-11-8-5-2/h7,10,16-17,19-20,25-26,28-30,33-34,36-37,39,43,46,59H,4-6,8-9,11-15,18,21-24,27,31-32,35,38,40-42,44-45,47-58H2,1-3H3/b10-7-,19-16-,20-17-,28-25-,29-26-,33-30-,37-34-,39-36-,46-43-. The molecule has 0 fully saturated rings. The molecule has 0 amide bonds. The summed E-state index contributed by atoms with van der Waals surface area (Å²) in [5.41, 5.74) is 0. The molecular formula is C62H102O6. The summed E-state index contributed by atoms with van der Waals surface area (Å²) >= 11 is 0. The van der Waals surface area contributed by atoms with Gasteiger partial charge in [0.15, 0.2) is 6.10 Å². The first-order valence-corrected chi connectivity index (χ1v) is 27.9. The maximum absolute atomic E-state index is 12.8. The van der Waals surface area contributed by atoms with Gasteiger partial charge in [-0.3, -0.25) is 14.4 Å². The van der Waals surface area contributed by atoms with Gasteiger partial charge in [-0.2, -0.15) is 0 Å². The highest BCUT2D eigenvalue weighted by Crippen LogP contribution is 2.13. The summed E-state index contributed by atoms with van der Waals surface area (Å²) in [4.78, 5) is 38.1. The molecule has 0 aliphatic heterocycles. The number of hydrogen-bond donors (Lipinski definition) is 0. The Kier molecular flexibility index (Phi) is 52.4. The molecule has 0 N–H and O–H groups in total. The number of hydrogen-bond acceptors (Lipinski definition) is 6. The normalized spacial score (nSPS) is 12.9. The molecule has 0 saturated carbocycles. The molecule has 0 spiro atoms. The van der Waals surface area contributed by atoms with Crippen molar-refractivity contribution in [2.24, 2.45) is 0 Å². The third-order valence-corrected chi connectivity index (χ3v) is 11.5. The molecule has 0 bridgehead atoms. The van der Waals surface area contributed by atoms with Crippen molar-refractivity contribution >= 4 is 17.9 Å². The van der Waals surface area contributed by atoms with Crippen LogP contribution in [0.15, 0.2) is 109 Å². The van der Waals surface area contributed by atoms with Crippen molar-refractivity contribution in [3.05, 3.63) is 109 Å². The first kappa shape index (κ1) is 64.1. The average molecular weight is 943 g/mol. The van der Waals surface area contributed by atoms with Crippen LogP contribution < -0.4 is 0 Å². The molecule has 386 valence electrons. The van der Waals surface area contributed by atoms with Crippen molar-refractivity contribution < 1.29 is 28.6 Å². The summed E-state index contributed by atoms with van der Waals surface area (Å²) in [6.45, 7) is 6.41. The van der Waals surface area contributed by atoms with Gasteiger partial charge in [0.2, 0.25) is 0 Å². The van der Waals surface area contributed by atoms with Gasteiger partial charge in [0.05, 0.1) is 0 Å². The van der Waals surface area contributed by atoms with E-state index in [1.165, 1.54) is 96.3 Å². The molecule has 6 nitrogen and oxygen atoms in total. The van der Waals surface area contributed by atoms with Gasteiger partial charge in [-0.25, -0.2) is 0 Å².